The van der Waals surface area contributed by atoms with E-state index in [1.54, 1.807) is 55.6 Å². The summed E-state index contributed by atoms with van der Waals surface area (Å²) in [5.41, 5.74) is 0.543. The molecule has 0 radical (unpaired) electrons. The van der Waals surface area contributed by atoms with Gasteiger partial charge in [0.05, 0.1) is 17.7 Å². The van der Waals surface area contributed by atoms with Gasteiger partial charge in [0.15, 0.2) is 5.75 Å². The minimum Gasteiger partial charge on any atom is -0.497 e. The predicted octanol–water partition coefficient (Wildman–Crippen LogP) is 4.83. The van der Waals surface area contributed by atoms with E-state index >= 15 is 0 Å². The molecule has 0 unspecified atom stereocenters. The molecule has 9 heteroatoms. The number of amides is 1. The maximum Gasteiger partial charge on any atom is 0.255 e. The number of carbonyl (C=O) groups excluding carboxylic acids is 1. The zero-order valence-corrected chi connectivity index (χ0v) is 18.7. The number of hydrogen-bond donors (Lipinski definition) is 2. The van der Waals surface area contributed by atoms with Gasteiger partial charge in [-0.25, -0.2) is 13.1 Å². The lowest BCUT2D eigenvalue weighted by Crippen LogP contribution is -2.26. The molecule has 1 aliphatic carbocycles. The fourth-order valence-electron chi connectivity index (χ4n) is 2.95. The van der Waals surface area contributed by atoms with Crippen molar-refractivity contribution in [1.82, 2.24) is 4.72 Å². The standard InChI is InChI=1S/C23H21ClN2O5S/c1-30-18-8-10-19(11-9-18)31-22-12-5-16(24)14-21(22)25-23(27)15-3-2-4-20(13-15)32(28,29)26-17-6-7-17/h2-5,8-14,17,26H,6-7H2,1H3,(H,25,27). The monoisotopic (exact) mass is 472 g/mol. The highest BCUT2D eigenvalue weighted by Crippen LogP contribution is 2.33. The van der Waals surface area contributed by atoms with Crippen LogP contribution in [0.3, 0.4) is 0 Å². The first-order valence-corrected chi connectivity index (χ1v) is 11.8. The van der Waals surface area contributed by atoms with Crippen molar-refractivity contribution in [3.63, 3.8) is 0 Å². The van der Waals surface area contributed by atoms with E-state index < -0.39 is 15.9 Å². The van der Waals surface area contributed by atoms with E-state index in [1.165, 1.54) is 18.2 Å². The van der Waals surface area contributed by atoms with Crippen molar-refractivity contribution in [3.05, 3.63) is 77.3 Å². The Morgan fingerprint density at radius 2 is 1.72 bits per heavy atom. The fourth-order valence-corrected chi connectivity index (χ4v) is 4.47. The number of anilines is 1. The van der Waals surface area contributed by atoms with Gasteiger partial charge in [0.2, 0.25) is 10.0 Å². The second-order valence-corrected chi connectivity index (χ2v) is 9.45. The van der Waals surface area contributed by atoms with Crippen LogP contribution in [0.4, 0.5) is 5.69 Å². The van der Waals surface area contributed by atoms with Crippen molar-refractivity contribution in [1.29, 1.82) is 0 Å². The number of halogens is 1. The molecule has 0 aromatic heterocycles. The van der Waals surface area contributed by atoms with Crippen LogP contribution in [0.2, 0.25) is 5.02 Å². The Morgan fingerprint density at radius 3 is 2.41 bits per heavy atom. The van der Waals surface area contributed by atoms with Crippen LogP contribution in [-0.2, 0) is 10.0 Å². The SMILES string of the molecule is COc1ccc(Oc2ccc(Cl)cc2NC(=O)c2cccc(S(=O)(=O)NC3CC3)c2)cc1. The molecule has 3 aromatic carbocycles. The maximum atomic E-state index is 12.9. The molecular weight excluding hydrogens is 452 g/mol. The third-order valence-electron chi connectivity index (χ3n) is 4.78. The molecule has 4 rings (SSSR count). The predicted molar refractivity (Wildman–Crippen MR) is 122 cm³/mol. The van der Waals surface area contributed by atoms with Gasteiger partial charge in [-0.05, 0) is 73.5 Å². The zero-order valence-electron chi connectivity index (χ0n) is 17.2. The van der Waals surface area contributed by atoms with Crippen LogP contribution in [0.15, 0.2) is 71.6 Å². The second-order valence-electron chi connectivity index (χ2n) is 7.30. The number of carbonyl (C=O) groups is 1. The number of benzene rings is 3. The summed E-state index contributed by atoms with van der Waals surface area (Å²) in [5.74, 6) is 1.12. The number of sulfonamides is 1. The van der Waals surface area contributed by atoms with E-state index in [1.807, 2.05) is 0 Å². The first-order chi connectivity index (χ1) is 15.3. The highest BCUT2D eigenvalue weighted by molar-refractivity contribution is 7.89. The van der Waals surface area contributed by atoms with E-state index in [0.29, 0.717) is 28.0 Å². The summed E-state index contributed by atoms with van der Waals surface area (Å²) in [7, 11) is -2.10. The summed E-state index contributed by atoms with van der Waals surface area (Å²) in [6.07, 6.45) is 1.65. The molecule has 1 aliphatic rings. The van der Waals surface area contributed by atoms with Gasteiger partial charge in [-0.15, -0.1) is 0 Å². The molecule has 1 fully saturated rings. The smallest absolute Gasteiger partial charge is 0.255 e. The van der Waals surface area contributed by atoms with E-state index in [4.69, 9.17) is 21.1 Å². The third-order valence-corrected chi connectivity index (χ3v) is 6.54. The summed E-state index contributed by atoms with van der Waals surface area (Å²) in [6.45, 7) is 0. The van der Waals surface area contributed by atoms with Crippen LogP contribution >= 0.6 is 11.6 Å². The number of methoxy groups -OCH3 is 1. The largest absolute Gasteiger partial charge is 0.497 e. The van der Waals surface area contributed by atoms with Crippen molar-refractivity contribution >= 4 is 33.2 Å². The Hall–Kier alpha value is -3.07. The van der Waals surface area contributed by atoms with Gasteiger partial charge in [-0.2, -0.15) is 0 Å². The van der Waals surface area contributed by atoms with E-state index in [9.17, 15) is 13.2 Å². The molecule has 2 N–H and O–H groups in total. The van der Waals surface area contributed by atoms with Gasteiger partial charge >= 0.3 is 0 Å². The van der Waals surface area contributed by atoms with E-state index in [-0.39, 0.29) is 16.5 Å². The van der Waals surface area contributed by atoms with Crippen molar-refractivity contribution in [2.24, 2.45) is 0 Å². The van der Waals surface area contributed by atoms with Gasteiger partial charge in [-0.1, -0.05) is 17.7 Å². The van der Waals surface area contributed by atoms with Crippen molar-refractivity contribution in [2.75, 3.05) is 12.4 Å². The molecule has 0 spiro atoms. The zero-order chi connectivity index (χ0) is 22.7. The van der Waals surface area contributed by atoms with Gasteiger partial charge in [-0.3, -0.25) is 4.79 Å². The Labute approximate surface area is 191 Å². The highest BCUT2D eigenvalue weighted by atomic mass is 35.5. The second kappa shape index (κ2) is 9.20. The molecular formula is C23H21ClN2O5S. The molecule has 166 valence electrons. The van der Waals surface area contributed by atoms with Gasteiger partial charge < -0.3 is 14.8 Å². The van der Waals surface area contributed by atoms with Crippen LogP contribution in [0.1, 0.15) is 23.2 Å². The van der Waals surface area contributed by atoms with Crippen molar-refractivity contribution < 1.29 is 22.7 Å². The minimum absolute atomic E-state index is 0.0263. The molecule has 0 atom stereocenters. The average molecular weight is 473 g/mol. The van der Waals surface area contributed by atoms with Gasteiger partial charge in [0, 0.05) is 16.6 Å². The van der Waals surface area contributed by atoms with E-state index in [0.717, 1.165) is 12.8 Å². The highest BCUT2D eigenvalue weighted by Gasteiger charge is 2.28. The van der Waals surface area contributed by atoms with Gasteiger partial charge in [0.25, 0.3) is 5.91 Å². The molecule has 3 aromatic rings. The van der Waals surface area contributed by atoms with Gasteiger partial charge in [0.1, 0.15) is 11.5 Å². The summed E-state index contributed by atoms with van der Waals surface area (Å²) in [4.78, 5) is 12.9. The number of nitrogens with one attached hydrogen (secondary N) is 2. The Bertz CT molecular complexity index is 1240. The summed E-state index contributed by atoms with van der Waals surface area (Å²) >= 11 is 6.12. The first-order valence-electron chi connectivity index (χ1n) is 9.89. The lowest BCUT2D eigenvalue weighted by atomic mass is 10.2. The minimum atomic E-state index is -3.67. The third kappa shape index (κ3) is 5.40. The fraction of sp³-hybridized carbons (Fsp3) is 0.174. The summed E-state index contributed by atoms with van der Waals surface area (Å²) < 4.78 is 38.6. The van der Waals surface area contributed by atoms with Crippen molar-refractivity contribution in [2.45, 2.75) is 23.8 Å². The number of ether oxygens (including phenoxy) is 2. The molecule has 1 saturated carbocycles. The van der Waals surface area contributed by atoms with Crippen LogP contribution in [0.25, 0.3) is 0 Å². The Balaban J connectivity index is 1.55. The summed E-state index contributed by atoms with van der Waals surface area (Å²) in [5, 5.41) is 3.16. The molecule has 0 heterocycles. The topological polar surface area (TPSA) is 93.7 Å². The van der Waals surface area contributed by atoms with Crippen LogP contribution < -0.4 is 19.5 Å². The average Bonchev–Trinajstić information content (AvgIpc) is 3.59. The Morgan fingerprint density at radius 1 is 1.00 bits per heavy atom. The Kier molecular flexibility index (Phi) is 6.36. The quantitative estimate of drug-likeness (QED) is 0.489. The van der Waals surface area contributed by atoms with Crippen molar-refractivity contribution in [3.8, 4) is 17.2 Å². The lowest BCUT2D eigenvalue weighted by molar-refractivity contribution is 0.102. The first kappa shape index (κ1) is 22.1. The van der Waals surface area contributed by atoms with Crippen LogP contribution in [-0.4, -0.2) is 27.5 Å². The van der Waals surface area contributed by atoms with Crippen LogP contribution in [0.5, 0.6) is 17.2 Å². The maximum absolute atomic E-state index is 12.9. The normalized spacial score (nSPS) is 13.4. The molecule has 0 saturated heterocycles. The van der Waals surface area contributed by atoms with E-state index in [2.05, 4.69) is 10.0 Å². The molecule has 7 nitrogen and oxygen atoms in total. The molecule has 1 amide bonds. The molecule has 0 aliphatic heterocycles. The number of rotatable bonds is 8. The molecule has 32 heavy (non-hydrogen) atoms. The summed E-state index contributed by atoms with van der Waals surface area (Å²) in [6, 6.07) is 17.7. The number of hydrogen-bond acceptors (Lipinski definition) is 5. The lowest BCUT2D eigenvalue weighted by Gasteiger charge is -2.14. The van der Waals surface area contributed by atoms with Crippen LogP contribution in [0, 0.1) is 0 Å². The molecule has 0 bridgehead atoms.